The van der Waals surface area contributed by atoms with E-state index in [1.165, 1.54) is 30.8 Å². The van der Waals surface area contributed by atoms with Gasteiger partial charge in [0.2, 0.25) is 11.9 Å². The molecule has 3 aromatic rings. The van der Waals surface area contributed by atoms with Gasteiger partial charge in [-0.25, -0.2) is 4.39 Å². The Morgan fingerprint density at radius 2 is 1.94 bits per heavy atom. The molecule has 0 spiro atoms. The Morgan fingerprint density at radius 3 is 2.64 bits per heavy atom. The third kappa shape index (κ3) is 5.40. The molecule has 1 N–H and O–H groups in total. The maximum absolute atomic E-state index is 14.5. The van der Waals surface area contributed by atoms with Crippen LogP contribution in [0.3, 0.4) is 0 Å². The van der Waals surface area contributed by atoms with E-state index in [1.54, 1.807) is 0 Å². The molecule has 0 atom stereocenters. The second-order valence-corrected chi connectivity index (χ2v) is 8.59. The van der Waals surface area contributed by atoms with Gasteiger partial charge in [-0.2, -0.15) is 0 Å². The van der Waals surface area contributed by atoms with Gasteiger partial charge < -0.3 is 15.0 Å². The molecule has 4 rings (SSSR count). The zero-order valence-electron chi connectivity index (χ0n) is 18.4. The Labute approximate surface area is 195 Å². The summed E-state index contributed by atoms with van der Waals surface area (Å²) in [6, 6.07) is 12.0. The molecule has 1 aromatic heterocycles. The summed E-state index contributed by atoms with van der Waals surface area (Å²) in [6.45, 7) is 5.94. The van der Waals surface area contributed by atoms with Crippen LogP contribution < -0.4 is 10.2 Å². The second-order valence-electron chi connectivity index (χ2n) is 7.64. The van der Waals surface area contributed by atoms with Crippen molar-refractivity contribution in [3.63, 3.8) is 0 Å². The third-order valence-corrected chi connectivity index (χ3v) is 6.02. The van der Waals surface area contributed by atoms with E-state index >= 15 is 0 Å². The van der Waals surface area contributed by atoms with Crippen molar-refractivity contribution in [2.24, 2.45) is 0 Å². The molecule has 1 aliphatic rings. The summed E-state index contributed by atoms with van der Waals surface area (Å²) in [7, 11) is 0. The summed E-state index contributed by atoms with van der Waals surface area (Å²) in [4.78, 5) is 26.0. The van der Waals surface area contributed by atoms with Gasteiger partial charge in [-0.05, 0) is 42.8 Å². The lowest BCUT2D eigenvalue weighted by molar-refractivity contribution is -0.114. The summed E-state index contributed by atoms with van der Waals surface area (Å²) in [6.07, 6.45) is 0. The molecule has 0 saturated carbocycles. The number of ether oxygens (including phenoxy) is 1. The van der Waals surface area contributed by atoms with E-state index in [0.717, 1.165) is 17.3 Å². The monoisotopic (exact) mass is 469 g/mol. The number of aryl methyl sites for hydroxylation is 1. The average Bonchev–Trinajstić information content (AvgIpc) is 3.22. The number of nitrogens with one attached hydrogen (secondary N) is 1. The molecular weight excluding hydrogens is 445 g/mol. The predicted octanol–water partition coefficient (Wildman–Crippen LogP) is 3.48. The number of anilines is 2. The minimum absolute atomic E-state index is 0.0105. The van der Waals surface area contributed by atoms with E-state index in [-0.39, 0.29) is 23.0 Å². The van der Waals surface area contributed by atoms with Gasteiger partial charge >= 0.3 is 0 Å². The van der Waals surface area contributed by atoms with Crippen molar-refractivity contribution in [3.05, 3.63) is 59.4 Å². The second kappa shape index (κ2) is 10.1. The normalized spacial score (nSPS) is 13.7. The molecule has 10 heteroatoms. The fourth-order valence-corrected chi connectivity index (χ4v) is 4.38. The summed E-state index contributed by atoms with van der Waals surface area (Å²) in [5.74, 6) is -0.691. The fourth-order valence-electron chi connectivity index (χ4n) is 3.55. The van der Waals surface area contributed by atoms with E-state index in [0.29, 0.717) is 43.1 Å². The minimum atomic E-state index is -0.680. The highest BCUT2D eigenvalue weighted by molar-refractivity contribution is 7.99. The Morgan fingerprint density at radius 1 is 1.15 bits per heavy atom. The molecule has 0 aliphatic carbocycles. The van der Waals surface area contributed by atoms with Gasteiger partial charge in [0.1, 0.15) is 5.82 Å². The summed E-state index contributed by atoms with van der Waals surface area (Å²) < 4.78 is 21.9. The van der Waals surface area contributed by atoms with Crippen molar-refractivity contribution in [1.82, 2.24) is 14.8 Å². The van der Waals surface area contributed by atoms with Crippen molar-refractivity contribution < 1.29 is 18.7 Å². The lowest BCUT2D eigenvalue weighted by Crippen LogP contribution is -2.37. The van der Waals surface area contributed by atoms with Gasteiger partial charge in [0.25, 0.3) is 0 Å². The van der Waals surface area contributed by atoms with Crippen LogP contribution in [0.15, 0.2) is 47.6 Å². The SMILES string of the molecule is CC(=O)Nc1ccc(C(=O)CSc2nnc(N3CCOCC3)n2-c2cccc(C)c2)c(F)c1. The zero-order chi connectivity index (χ0) is 23.4. The lowest BCUT2D eigenvalue weighted by atomic mass is 10.1. The number of aromatic nitrogens is 3. The fraction of sp³-hybridized carbons (Fsp3) is 0.304. The molecule has 172 valence electrons. The number of benzene rings is 2. The molecule has 0 bridgehead atoms. The first-order valence-corrected chi connectivity index (χ1v) is 11.5. The van der Waals surface area contributed by atoms with Crippen molar-refractivity contribution in [3.8, 4) is 5.69 Å². The first-order chi connectivity index (χ1) is 15.9. The van der Waals surface area contributed by atoms with E-state index < -0.39 is 5.82 Å². The standard InChI is InChI=1S/C23H24FN5O3S/c1-15-4-3-5-18(12-15)29-22(28-8-10-32-11-9-28)26-27-23(29)33-14-21(31)19-7-6-17(13-20(19)24)25-16(2)30/h3-7,12-13H,8-11,14H2,1-2H3,(H,25,30). The Balaban J connectivity index is 1.57. The number of hydrogen-bond donors (Lipinski definition) is 1. The van der Waals surface area contributed by atoms with Crippen LogP contribution in [0.2, 0.25) is 0 Å². The van der Waals surface area contributed by atoms with E-state index in [9.17, 15) is 14.0 Å². The van der Waals surface area contributed by atoms with Crippen LogP contribution in [0.5, 0.6) is 0 Å². The highest BCUT2D eigenvalue weighted by Crippen LogP contribution is 2.28. The Bertz CT molecular complexity index is 1180. The third-order valence-electron chi connectivity index (χ3n) is 5.09. The molecule has 33 heavy (non-hydrogen) atoms. The number of hydrogen-bond acceptors (Lipinski definition) is 7. The van der Waals surface area contributed by atoms with Gasteiger partial charge in [0.15, 0.2) is 10.9 Å². The molecule has 2 aromatic carbocycles. The number of carbonyl (C=O) groups excluding carboxylic acids is 2. The minimum Gasteiger partial charge on any atom is -0.378 e. The molecule has 1 aliphatic heterocycles. The number of nitrogens with zero attached hydrogens (tertiary/aromatic N) is 4. The molecule has 1 fully saturated rings. The summed E-state index contributed by atoms with van der Waals surface area (Å²) in [5.41, 5.74) is 2.25. The molecule has 0 unspecified atom stereocenters. The number of morpholine rings is 1. The van der Waals surface area contributed by atoms with Gasteiger partial charge in [-0.15, -0.1) is 10.2 Å². The van der Waals surface area contributed by atoms with Gasteiger partial charge in [-0.1, -0.05) is 23.9 Å². The number of rotatable bonds is 7. The number of ketones is 1. The largest absolute Gasteiger partial charge is 0.378 e. The summed E-state index contributed by atoms with van der Waals surface area (Å²) in [5, 5.41) is 11.8. The van der Waals surface area contributed by atoms with Crippen molar-refractivity contribution in [2.75, 3.05) is 42.3 Å². The number of thioether (sulfide) groups is 1. The maximum Gasteiger partial charge on any atom is 0.232 e. The van der Waals surface area contributed by atoms with Crippen LogP contribution >= 0.6 is 11.8 Å². The van der Waals surface area contributed by atoms with Crippen LogP contribution in [-0.4, -0.2) is 58.5 Å². The number of halogens is 1. The van der Waals surface area contributed by atoms with E-state index in [1.807, 2.05) is 35.8 Å². The van der Waals surface area contributed by atoms with Crippen LogP contribution in [0.1, 0.15) is 22.8 Å². The zero-order valence-corrected chi connectivity index (χ0v) is 19.2. The van der Waals surface area contributed by atoms with E-state index in [4.69, 9.17) is 4.74 Å². The smallest absolute Gasteiger partial charge is 0.232 e. The Hall–Kier alpha value is -3.24. The van der Waals surface area contributed by atoms with E-state index in [2.05, 4.69) is 20.4 Å². The van der Waals surface area contributed by atoms with Crippen molar-refractivity contribution in [2.45, 2.75) is 19.0 Å². The van der Waals surface area contributed by atoms with Crippen LogP contribution in [0.4, 0.5) is 16.0 Å². The molecule has 2 heterocycles. The van der Waals surface area contributed by atoms with Gasteiger partial charge in [0, 0.05) is 25.7 Å². The maximum atomic E-state index is 14.5. The van der Waals surface area contributed by atoms with Gasteiger partial charge in [0.05, 0.1) is 30.2 Å². The van der Waals surface area contributed by atoms with Crippen molar-refractivity contribution in [1.29, 1.82) is 0 Å². The molecule has 1 amide bonds. The summed E-state index contributed by atoms with van der Waals surface area (Å²) >= 11 is 1.20. The topological polar surface area (TPSA) is 89.3 Å². The van der Waals surface area contributed by atoms with Gasteiger partial charge in [-0.3, -0.25) is 14.2 Å². The molecule has 1 saturated heterocycles. The molecular formula is C23H24FN5O3S. The highest BCUT2D eigenvalue weighted by Gasteiger charge is 2.23. The number of Topliss-reactive ketones (excluding diaryl/α,β-unsaturated/α-hetero) is 1. The highest BCUT2D eigenvalue weighted by atomic mass is 32.2. The van der Waals surface area contributed by atoms with Crippen molar-refractivity contribution >= 4 is 35.1 Å². The number of amides is 1. The first kappa shape index (κ1) is 22.9. The van der Waals surface area contributed by atoms with Crippen LogP contribution in [-0.2, 0) is 9.53 Å². The first-order valence-electron chi connectivity index (χ1n) is 10.5. The Kier molecular flexibility index (Phi) is 7.05. The number of carbonyl (C=O) groups is 2. The molecule has 0 radical (unpaired) electrons. The van der Waals surface area contributed by atoms with Crippen LogP contribution in [0.25, 0.3) is 5.69 Å². The quantitative estimate of drug-likeness (QED) is 0.419. The lowest BCUT2D eigenvalue weighted by Gasteiger charge is -2.28. The predicted molar refractivity (Wildman–Crippen MR) is 125 cm³/mol. The van der Waals surface area contributed by atoms with Crippen LogP contribution in [0, 0.1) is 12.7 Å². The average molecular weight is 470 g/mol. The molecule has 8 nitrogen and oxygen atoms in total.